The maximum absolute atomic E-state index is 4.50. The van der Waals surface area contributed by atoms with Crippen molar-refractivity contribution in [1.82, 2.24) is 4.90 Å². The van der Waals surface area contributed by atoms with Crippen LogP contribution in [0, 0.1) is 5.41 Å². The van der Waals surface area contributed by atoms with Crippen LogP contribution >= 0.6 is 0 Å². The average molecular weight is 211 g/mol. The van der Waals surface area contributed by atoms with Gasteiger partial charge in [0.2, 0.25) is 0 Å². The molecule has 2 rings (SSSR count). The lowest BCUT2D eigenvalue weighted by atomic mass is 9.68. The zero-order valence-corrected chi connectivity index (χ0v) is 10.7. The van der Waals surface area contributed by atoms with E-state index in [1.807, 2.05) is 6.20 Å². The molecule has 0 N–H and O–H groups in total. The predicted molar refractivity (Wildman–Crippen MR) is 64.8 cm³/mol. The van der Waals surface area contributed by atoms with E-state index in [2.05, 4.69) is 43.9 Å². The Labute approximate surface area is 94.3 Å². The normalized spacial score (nSPS) is 26.3. The average Bonchev–Trinajstić information content (AvgIpc) is 2.96. The highest BCUT2D eigenvalue weighted by Gasteiger charge is 2.42. The Bertz CT molecular complexity index is 216. The third kappa shape index (κ3) is 2.97. The highest BCUT2D eigenvalue weighted by Crippen LogP contribution is 2.43. The van der Waals surface area contributed by atoms with Crippen LogP contribution in [0.25, 0.3) is 0 Å². The second kappa shape index (κ2) is 4.56. The number of ether oxygens (including phenoxy) is 1. The molecule has 0 aromatic carbocycles. The molecule has 0 radical (unpaired) electrons. The van der Waals surface area contributed by atoms with Gasteiger partial charge < -0.3 is 9.64 Å². The monoisotopic (exact) mass is 211 g/mol. The third-order valence-corrected chi connectivity index (χ3v) is 4.00. The van der Waals surface area contributed by atoms with Gasteiger partial charge in [0.1, 0.15) is 0 Å². The molecule has 0 unspecified atom stereocenters. The van der Waals surface area contributed by atoms with E-state index in [-0.39, 0.29) is 5.54 Å². The smallest absolute Gasteiger partial charge is 0.0701 e. The summed E-state index contributed by atoms with van der Waals surface area (Å²) in [4.78, 5) is 2.37. The zero-order valence-electron chi connectivity index (χ0n) is 10.7. The van der Waals surface area contributed by atoms with Crippen molar-refractivity contribution in [3.8, 4) is 0 Å². The van der Waals surface area contributed by atoms with E-state index < -0.39 is 0 Å². The molecular formula is C13H25NO. The minimum Gasteiger partial charge on any atom is -0.377 e. The molecule has 0 aliphatic carbocycles. The molecule has 0 aromatic rings. The number of piperidine rings is 1. The lowest BCUT2D eigenvalue weighted by molar-refractivity contribution is 0.00319. The Balaban J connectivity index is 0.000000319. The Morgan fingerprint density at radius 3 is 2.07 bits per heavy atom. The van der Waals surface area contributed by atoms with Crippen molar-refractivity contribution in [1.29, 1.82) is 0 Å². The molecule has 2 saturated heterocycles. The number of hydrogen-bond donors (Lipinski definition) is 0. The second-order valence-electron chi connectivity index (χ2n) is 5.53. The first-order valence-electron chi connectivity index (χ1n) is 5.89. The molecule has 2 aliphatic heterocycles. The SMILES string of the molecule is C1CO1.C=CN1CCCC(C)(C)C1(C)C. The summed E-state index contributed by atoms with van der Waals surface area (Å²) in [6.07, 6.45) is 4.60. The summed E-state index contributed by atoms with van der Waals surface area (Å²) >= 11 is 0. The van der Waals surface area contributed by atoms with Crippen molar-refractivity contribution in [3.05, 3.63) is 12.8 Å². The van der Waals surface area contributed by atoms with Crippen LogP contribution in [0.1, 0.15) is 40.5 Å². The molecule has 0 spiro atoms. The van der Waals surface area contributed by atoms with Crippen LogP contribution in [0.3, 0.4) is 0 Å². The van der Waals surface area contributed by atoms with Gasteiger partial charge in [-0.1, -0.05) is 20.4 Å². The van der Waals surface area contributed by atoms with Gasteiger partial charge in [-0.15, -0.1) is 0 Å². The van der Waals surface area contributed by atoms with Crippen LogP contribution in [0.15, 0.2) is 12.8 Å². The molecule has 0 bridgehead atoms. The topological polar surface area (TPSA) is 15.8 Å². The van der Waals surface area contributed by atoms with Gasteiger partial charge in [0.25, 0.3) is 0 Å². The van der Waals surface area contributed by atoms with Crippen molar-refractivity contribution in [2.24, 2.45) is 5.41 Å². The highest BCUT2D eigenvalue weighted by molar-refractivity contribution is 5.01. The van der Waals surface area contributed by atoms with Crippen LogP contribution in [0.5, 0.6) is 0 Å². The van der Waals surface area contributed by atoms with Gasteiger partial charge in [-0.2, -0.15) is 0 Å². The number of hydrogen-bond acceptors (Lipinski definition) is 2. The summed E-state index contributed by atoms with van der Waals surface area (Å²) < 4.78 is 4.50. The van der Waals surface area contributed by atoms with Crippen LogP contribution in [0.2, 0.25) is 0 Å². The molecule has 0 atom stereocenters. The lowest BCUT2D eigenvalue weighted by Crippen LogP contribution is -2.55. The van der Waals surface area contributed by atoms with Crippen LogP contribution < -0.4 is 0 Å². The van der Waals surface area contributed by atoms with Crippen LogP contribution in [0.4, 0.5) is 0 Å². The van der Waals surface area contributed by atoms with Gasteiger partial charge in [0.15, 0.2) is 0 Å². The summed E-state index contributed by atoms with van der Waals surface area (Å²) in [5.74, 6) is 0. The van der Waals surface area contributed by atoms with E-state index in [1.165, 1.54) is 19.4 Å². The molecule has 0 saturated carbocycles. The fraction of sp³-hybridized carbons (Fsp3) is 0.846. The first-order chi connectivity index (χ1) is 6.92. The fourth-order valence-corrected chi connectivity index (χ4v) is 1.99. The van der Waals surface area contributed by atoms with Gasteiger partial charge in [-0.25, -0.2) is 0 Å². The van der Waals surface area contributed by atoms with Crippen molar-refractivity contribution in [3.63, 3.8) is 0 Å². The van der Waals surface area contributed by atoms with Crippen LogP contribution in [-0.4, -0.2) is 30.2 Å². The standard InChI is InChI=1S/C11H21N.C2H4O/c1-6-12-9-7-8-10(2,3)11(12,4)5;1-2-3-1/h6H,1,7-9H2,2-5H3;1-2H2. The van der Waals surface area contributed by atoms with Crippen molar-refractivity contribution in [2.75, 3.05) is 19.8 Å². The quantitative estimate of drug-likeness (QED) is 0.620. The molecule has 88 valence electrons. The Morgan fingerprint density at radius 1 is 1.20 bits per heavy atom. The van der Waals surface area contributed by atoms with Crippen molar-refractivity contribution >= 4 is 0 Å². The first kappa shape index (κ1) is 12.6. The first-order valence-corrected chi connectivity index (χ1v) is 5.89. The maximum atomic E-state index is 4.50. The molecule has 2 heteroatoms. The summed E-state index contributed by atoms with van der Waals surface area (Å²) in [7, 11) is 0. The second-order valence-corrected chi connectivity index (χ2v) is 5.53. The van der Waals surface area contributed by atoms with Crippen molar-refractivity contribution < 1.29 is 4.74 Å². The van der Waals surface area contributed by atoms with Gasteiger partial charge in [0, 0.05) is 12.1 Å². The Kier molecular flexibility index (Phi) is 3.82. The third-order valence-electron chi connectivity index (χ3n) is 4.00. The summed E-state index contributed by atoms with van der Waals surface area (Å²) in [6, 6.07) is 0. The molecule has 15 heavy (non-hydrogen) atoms. The summed E-state index contributed by atoms with van der Waals surface area (Å²) in [6.45, 7) is 16.4. The minimum atomic E-state index is 0.257. The highest BCUT2D eigenvalue weighted by atomic mass is 16.6. The molecule has 0 aromatic heterocycles. The van der Waals surface area contributed by atoms with E-state index in [9.17, 15) is 0 Å². The van der Waals surface area contributed by atoms with Gasteiger partial charge in [-0.3, -0.25) is 0 Å². The minimum absolute atomic E-state index is 0.257. The summed E-state index contributed by atoms with van der Waals surface area (Å²) in [5.41, 5.74) is 0.659. The van der Waals surface area contributed by atoms with E-state index in [0.29, 0.717) is 5.41 Å². The van der Waals surface area contributed by atoms with E-state index in [4.69, 9.17) is 0 Å². The summed E-state index contributed by atoms with van der Waals surface area (Å²) in [5, 5.41) is 0. The van der Waals surface area contributed by atoms with Gasteiger partial charge in [-0.05, 0) is 38.3 Å². The largest absolute Gasteiger partial charge is 0.377 e. The maximum Gasteiger partial charge on any atom is 0.0701 e. The number of nitrogens with zero attached hydrogens (tertiary/aromatic N) is 1. The Hall–Kier alpha value is -0.500. The van der Waals surface area contributed by atoms with Crippen LogP contribution in [-0.2, 0) is 4.74 Å². The van der Waals surface area contributed by atoms with E-state index >= 15 is 0 Å². The molecular weight excluding hydrogens is 186 g/mol. The van der Waals surface area contributed by atoms with E-state index in [1.54, 1.807) is 0 Å². The molecule has 0 amide bonds. The van der Waals surface area contributed by atoms with Crippen molar-refractivity contribution in [2.45, 2.75) is 46.1 Å². The number of epoxide rings is 1. The van der Waals surface area contributed by atoms with E-state index in [0.717, 1.165) is 13.2 Å². The Morgan fingerprint density at radius 2 is 1.73 bits per heavy atom. The van der Waals surface area contributed by atoms with Gasteiger partial charge >= 0.3 is 0 Å². The predicted octanol–water partition coefficient (Wildman–Crippen LogP) is 3.05. The molecule has 2 aliphatic rings. The molecule has 2 heterocycles. The fourth-order valence-electron chi connectivity index (χ4n) is 1.99. The lowest BCUT2D eigenvalue weighted by Gasteiger charge is -2.53. The zero-order chi connectivity index (χ0) is 11.5. The van der Waals surface area contributed by atoms with Gasteiger partial charge in [0.05, 0.1) is 13.2 Å². The number of rotatable bonds is 1. The molecule has 2 fully saturated rings. The number of likely N-dealkylation sites (tertiary alicyclic amines) is 1. The molecule has 2 nitrogen and oxygen atoms in total.